The molecule has 8 heteroatoms. The fraction of sp³-hybridized carbons (Fsp3) is 0.455. The SMILES string of the molecule is O=C(NCc1ccccc1)N1CC(c2nc3c(cnn3C3CCCCC3)c(=O)[nH]2)C1. The summed E-state index contributed by atoms with van der Waals surface area (Å²) < 4.78 is 1.94. The molecule has 8 nitrogen and oxygen atoms in total. The lowest BCUT2D eigenvalue weighted by Crippen LogP contribution is -2.53. The number of rotatable bonds is 4. The second-order valence-corrected chi connectivity index (χ2v) is 8.32. The van der Waals surface area contributed by atoms with E-state index in [9.17, 15) is 9.59 Å². The minimum Gasteiger partial charge on any atom is -0.334 e. The molecule has 0 unspecified atom stereocenters. The molecule has 1 aliphatic carbocycles. The predicted octanol–water partition coefficient (Wildman–Crippen LogP) is 2.93. The number of carbonyl (C=O) groups excluding carboxylic acids is 1. The maximum Gasteiger partial charge on any atom is 0.317 e. The topological polar surface area (TPSA) is 95.9 Å². The van der Waals surface area contributed by atoms with E-state index in [0.717, 1.165) is 18.4 Å². The monoisotopic (exact) mass is 406 g/mol. The number of aromatic amines is 1. The van der Waals surface area contributed by atoms with E-state index in [2.05, 4.69) is 15.4 Å². The van der Waals surface area contributed by atoms with Crippen molar-refractivity contribution in [2.75, 3.05) is 13.1 Å². The van der Waals surface area contributed by atoms with Crippen LogP contribution in [0.4, 0.5) is 4.79 Å². The summed E-state index contributed by atoms with van der Waals surface area (Å²) in [5.41, 5.74) is 1.59. The molecular formula is C22H26N6O2. The summed E-state index contributed by atoms with van der Waals surface area (Å²) in [4.78, 5) is 34.4. The van der Waals surface area contributed by atoms with Gasteiger partial charge in [-0.05, 0) is 18.4 Å². The van der Waals surface area contributed by atoms with Crippen LogP contribution in [0, 0.1) is 0 Å². The van der Waals surface area contributed by atoms with Crippen LogP contribution in [0.3, 0.4) is 0 Å². The number of amides is 2. The van der Waals surface area contributed by atoms with E-state index in [-0.39, 0.29) is 17.5 Å². The molecule has 2 amide bonds. The molecule has 1 aliphatic heterocycles. The third-order valence-corrected chi connectivity index (χ3v) is 6.24. The summed E-state index contributed by atoms with van der Waals surface area (Å²) in [6.45, 7) is 1.60. The average Bonchev–Trinajstić information content (AvgIpc) is 3.17. The maximum absolute atomic E-state index is 12.6. The molecule has 0 radical (unpaired) electrons. The van der Waals surface area contributed by atoms with Gasteiger partial charge >= 0.3 is 6.03 Å². The van der Waals surface area contributed by atoms with Crippen LogP contribution < -0.4 is 10.9 Å². The molecule has 3 aromatic rings. The number of hydrogen-bond donors (Lipinski definition) is 2. The number of likely N-dealkylation sites (tertiary alicyclic amines) is 1. The summed E-state index contributed by atoms with van der Waals surface area (Å²) in [7, 11) is 0. The fourth-order valence-electron chi connectivity index (χ4n) is 4.44. The molecule has 3 heterocycles. The summed E-state index contributed by atoms with van der Waals surface area (Å²) in [6, 6.07) is 10.1. The third kappa shape index (κ3) is 3.58. The van der Waals surface area contributed by atoms with Crippen LogP contribution in [0.15, 0.2) is 41.3 Å². The highest BCUT2D eigenvalue weighted by Crippen LogP contribution is 2.30. The Kier molecular flexibility index (Phi) is 4.98. The molecule has 0 spiro atoms. The van der Waals surface area contributed by atoms with E-state index in [1.807, 2.05) is 35.0 Å². The van der Waals surface area contributed by atoms with Gasteiger partial charge in [-0.15, -0.1) is 0 Å². The Bertz CT molecular complexity index is 1090. The Balaban J connectivity index is 1.27. The highest BCUT2D eigenvalue weighted by Gasteiger charge is 2.34. The number of aromatic nitrogens is 4. The number of urea groups is 1. The first-order chi connectivity index (χ1) is 14.7. The van der Waals surface area contributed by atoms with E-state index in [4.69, 9.17) is 4.98 Å². The third-order valence-electron chi connectivity index (χ3n) is 6.24. The van der Waals surface area contributed by atoms with Crippen LogP contribution in [0.2, 0.25) is 0 Å². The molecule has 2 fully saturated rings. The molecular weight excluding hydrogens is 380 g/mol. The molecule has 2 aromatic heterocycles. The van der Waals surface area contributed by atoms with Crippen molar-refractivity contribution >= 4 is 17.1 Å². The number of carbonyl (C=O) groups is 1. The van der Waals surface area contributed by atoms with Crippen LogP contribution >= 0.6 is 0 Å². The zero-order valence-corrected chi connectivity index (χ0v) is 16.9. The van der Waals surface area contributed by atoms with Crippen molar-refractivity contribution in [2.24, 2.45) is 0 Å². The standard InChI is InChI=1S/C22H26N6O2/c29-21-18-12-24-28(17-9-5-2-6-10-17)20(18)25-19(26-21)16-13-27(14-16)22(30)23-11-15-7-3-1-4-8-15/h1,3-4,7-8,12,16-17H,2,5-6,9-11,13-14H2,(H,23,30)(H,25,26,29). The van der Waals surface area contributed by atoms with E-state index in [1.54, 1.807) is 11.1 Å². The molecule has 0 bridgehead atoms. The van der Waals surface area contributed by atoms with Crippen molar-refractivity contribution in [3.8, 4) is 0 Å². The van der Waals surface area contributed by atoms with Gasteiger partial charge in [-0.3, -0.25) is 4.79 Å². The first-order valence-corrected chi connectivity index (χ1v) is 10.7. The lowest BCUT2D eigenvalue weighted by molar-refractivity contribution is 0.148. The molecule has 5 rings (SSSR count). The number of benzene rings is 1. The Hall–Kier alpha value is -3.16. The highest BCUT2D eigenvalue weighted by molar-refractivity contribution is 5.76. The molecule has 2 N–H and O–H groups in total. The van der Waals surface area contributed by atoms with Gasteiger partial charge < -0.3 is 15.2 Å². The number of hydrogen-bond acceptors (Lipinski definition) is 4. The zero-order valence-electron chi connectivity index (χ0n) is 16.9. The van der Waals surface area contributed by atoms with Crippen molar-refractivity contribution in [2.45, 2.75) is 50.6 Å². The van der Waals surface area contributed by atoms with Gasteiger partial charge in [-0.1, -0.05) is 49.6 Å². The van der Waals surface area contributed by atoms with Crippen LogP contribution in [0.1, 0.15) is 55.5 Å². The first kappa shape index (κ1) is 18.8. The Morgan fingerprint density at radius 3 is 2.67 bits per heavy atom. The van der Waals surface area contributed by atoms with Gasteiger partial charge in [0.1, 0.15) is 11.2 Å². The Morgan fingerprint density at radius 2 is 1.90 bits per heavy atom. The quantitative estimate of drug-likeness (QED) is 0.696. The molecule has 156 valence electrons. The lowest BCUT2D eigenvalue weighted by Gasteiger charge is -2.38. The molecule has 1 aromatic carbocycles. The fourth-order valence-corrected chi connectivity index (χ4v) is 4.44. The van der Waals surface area contributed by atoms with Crippen molar-refractivity contribution in [1.29, 1.82) is 0 Å². The Labute approximate surface area is 174 Å². The largest absolute Gasteiger partial charge is 0.334 e. The zero-order chi connectivity index (χ0) is 20.5. The summed E-state index contributed by atoms with van der Waals surface area (Å²) >= 11 is 0. The molecule has 1 saturated heterocycles. The number of fused-ring (bicyclic) bond motifs is 1. The number of nitrogens with zero attached hydrogens (tertiary/aromatic N) is 4. The molecule has 30 heavy (non-hydrogen) atoms. The van der Waals surface area contributed by atoms with Crippen LogP contribution in [0.25, 0.3) is 11.0 Å². The van der Waals surface area contributed by atoms with Gasteiger partial charge in [0.2, 0.25) is 0 Å². The lowest BCUT2D eigenvalue weighted by atomic mass is 9.96. The molecule has 1 saturated carbocycles. The van der Waals surface area contributed by atoms with E-state index in [1.165, 1.54) is 19.3 Å². The first-order valence-electron chi connectivity index (χ1n) is 10.7. The second kappa shape index (κ2) is 7.93. The highest BCUT2D eigenvalue weighted by atomic mass is 16.2. The predicted molar refractivity (Wildman–Crippen MR) is 113 cm³/mol. The van der Waals surface area contributed by atoms with Gasteiger partial charge in [-0.25, -0.2) is 14.5 Å². The minimum absolute atomic E-state index is 0.0410. The van der Waals surface area contributed by atoms with Crippen LogP contribution in [0.5, 0.6) is 0 Å². The smallest absolute Gasteiger partial charge is 0.317 e. The van der Waals surface area contributed by atoms with E-state index >= 15 is 0 Å². The number of H-pyrrole nitrogens is 1. The molecule has 2 aliphatic rings. The average molecular weight is 406 g/mol. The van der Waals surface area contributed by atoms with Crippen molar-refractivity contribution in [3.05, 3.63) is 58.3 Å². The maximum atomic E-state index is 12.6. The van der Waals surface area contributed by atoms with Crippen LogP contribution in [-0.2, 0) is 6.54 Å². The summed E-state index contributed by atoms with van der Waals surface area (Å²) in [5.74, 6) is 0.691. The van der Waals surface area contributed by atoms with Gasteiger partial charge in [0.25, 0.3) is 5.56 Å². The minimum atomic E-state index is -0.149. The molecule has 0 atom stereocenters. The van der Waals surface area contributed by atoms with Gasteiger partial charge in [0.15, 0.2) is 5.65 Å². The van der Waals surface area contributed by atoms with Crippen molar-refractivity contribution in [1.82, 2.24) is 30.0 Å². The normalized spacial score (nSPS) is 17.8. The van der Waals surface area contributed by atoms with E-state index in [0.29, 0.717) is 42.5 Å². The van der Waals surface area contributed by atoms with Gasteiger partial charge in [-0.2, -0.15) is 5.10 Å². The summed E-state index contributed by atoms with van der Waals surface area (Å²) in [6.07, 6.45) is 7.44. The van der Waals surface area contributed by atoms with Crippen molar-refractivity contribution in [3.63, 3.8) is 0 Å². The van der Waals surface area contributed by atoms with E-state index < -0.39 is 0 Å². The number of nitrogens with one attached hydrogen (secondary N) is 2. The second-order valence-electron chi connectivity index (χ2n) is 8.32. The van der Waals surface area contributed by atoms with Gasteiger partial charge in [0.05, 0.1) is 18.2 Å². The van der Waals surface area contributed by atoms with Crippen molar-refractivity contribution < 1.29 is 4.79 Å². The Morgan fingerprint density at radius 1 is 1.13 bits per heavy atom. The summed E-state index contributed by atoms with van der Waals surface area (Å²) in [5, 5.41) is 7.97. The van der Waals surface area contributed by atoms with Crippen LogP contribution in [-0.4, -0.2) is 43.8 Å². The van der Waals surface area contributed by atoms with Gasteiger partial charge in [0, 0.05) is 19.6 Å².